The Morgan fingerprint density at radius 3 is 2.33 bits per heavy atom. The van der Waals surface area contributed by atoms with Crippen molar-refractivity contribution in [1.82, 2.24) is 0 Å². The summed E-state index contributed by atoms with van der Waals surface area (Å²) in [6, 6.07) is 8.01. The van der Waals surface area contributed by atoms with Crippen LogP contribution in [0.1, 0.15) is 30.9 Å². The minimum absolute atomic E-state index is 0.475. The van der Waals surface area contributed by atoms with E-state index in [4.69, 9.17) is 18.0 Å². The zero-order valence-corrected chi connectivity index (χ0v) is 8.19. The van der Waals surface area contributed by atoms with Gasteiger partial charge in [0.1, 0.15) is 4.99 Å². The van der Waals surface area contributed by atoms with Gasteiger partial charge < -0.3 is 5.73 Å². The van der Waals surface area contributed by atoms with Crippen LogP contribution < -0.4 is 5.73 Å². The number of hydrogen-bond donors (Lipinski definition) is 1. The number of hydrogen-bond acceptors (Lipinski definition) is 1. The molecule has 0 aromatic heterocycles. The molecule has 0 amide bonds. The lowest BCUT2D eigenvalue weighted by molar-refractivity contribution is 0.864. The summed E-state index contributed by atoms with van der Waals surface area (Å²) < 4.78 is 0. The first-order valence-electron chi connectivity index (χ1n) is 4.01. The van der Waals surface area contributed by atoms with E-state index in [0.717, 1.165) is 5.56 Å². The Bertz CT molecular complexity index is 292. The highest BCUT2D eigenvalue weighted by molar-refractivity contribution is 7.80. The second-order valence-electron chi connectivity index (χ2n) is 3.11. The maximum absolute atomic E-state index is 5.58. The topological polar surface area (TPSA) is 26.0 Å². The van der Waals surface area contributed by atoms with Crippen molar-refractivity contribution >= 4 is 17.2 Å². The van der Waals surface area contributed by atoms with Crippen molar-refractivity contribution in [3.63, 3.8) is 0 Å². The van der Waals surface area contributed by atoms with Gasteiger partial charge >= 0.3 is 0 Å². The Labute approximate surface area is 78.6 Å². The van der Waals surface area contributed by atoms with Crippen LogP contribution in [-0.4, -0.2) is 4.99 Å². The molecule has 1 aromatic carbocycles. The minimum Gasteiger partial charge on any atom is -0.389 e. The molecule has 1 aromatic rings. The largest absolute Gasteiger partial charge is 0.389 e. The van der Waals surface area contributed by atoms with Gasteiger partial charge in [-0.1, -0.05) is 50.3 Å². The van der Waals surface area contributed by atoms with E-state index in [0.29, 0.717) is 10.9 Å². The molecule has 1 rings (SSSR count). The molecule has 1 nitrogen and oxygen atoms in total. The van der Waals surface area contributed by atoms with Crippen molar-refractivity contribution in [2.24, 2.45) is 5.73 Å². The standard InChI is InChI=1S/C10H13NS/c1-7(2)8-5-3-4-6-9(8)10(11)12/h3-7H,1-2H3,(H2,11,12). The van der Waals surface area contributed by atoms with Crippen molar-refractivity contribution < 1.29 is 0 Å². The Hall–Kier alpha value is -0.890. The van der Waals surface area contributed by atoms with E-state index >= 15 is 0 Å². The van der Waals surface area contributed by atoms with Gasteiger partial charge in [0.2, 0.25) is 0 Å². The Kier molecular flexibility index (Phi) is 2.82. The molecule has 0 spiro atoms. The highest BCUT2D eigenvalue weighted by Crippen LogP contribution is 2.18. The average Bonchev–Trinajstić information content (AvgIpc) is 2.04. The fourth-order valence-corrected chi connectivity index (χ4v) is 1.41. The lowest BCUT2D eigenvalue weighted by atomic mass is 9.97. The summed E-state index contributed by atoms with van der Waals surface area (Å²) in [5.41, 5.74) is 7.81. The predicted octanol–water partition coefficient (Wildman–Crippen LogP) is 2.44. The van der Waals surface area contributed by atoms with Crippen LogP contribution in [0, 0.1) is 0 Å². The average molecular weight is 179 g/mol. The van der Waals surface area contributed by atoms with Gasteiger partial charge in [0.25, 0.3) is 0 Å². The van der Waals surface area contributed by atoms with Gasteiger partial charge in [0.05, 0.1) is 0 Å². The first-order valence-corrected chi connectivity index (χ1v) is 4.42. The molecule has 12 heavy (non-hydrogen) atoms. The van der Waals surface area contributed by atoms with Crippen LogP contribution in [-0.2, 0) is 0 Å². The van der Waals surface area contributed by atoms with Crippen LogP contribution in [0.5, 0.6) is 0 Å². The lowest BCUT2D eigenvalue weighted by Gasteiger charge is -2.10. The van der Waals surface area contributed by atoms with E-state index < -0.39 is 0 Å². The summed E-state index contributed by atoms with van der Waals surface area (Å²) >= 11 is 4.95. The van der Waals surface area contributed by atoms with Gasteiger partial charge in [-0.05, 0) is 11.5 Å². The van der Waals surface area contributed by atoms with Crippen LogP contribution in [0.2, 0.25) is 0 Å². The third kappa shape index (κ3) is 1.83. The molecule has 0 heterocycles. The van der Waals surface area contributed by atoms with E-state index in [1.54, 1.807) is 0 Å². The molecule has 0 aliphatic carbocycles. The molecule has 0 bridgehead atoms. The van der Waals surface area contributed by atoms with Crippen molar-refractivity contribution in [1.29, 1.82) is 0 Å². The molecule has 0 atom stereocenters. The maximum Gasteiger partial charge on any atom is 0.104 e. The van der Waals surface area contributed by atoms with E-state index in [-0.39, 0.29) is 0 Å². The van der Waals surface area contributed by atoms with Gasteiger partial charge in [0, 0.05) is 5.56 Å². The van der Waals surface area contributed by atoms with E-state index in [9.17, 15) is 0 Å². The van der Waals surface area contributed by atoms with E-state index in [1.807, 2.05) is 18.2 Å². The SMILES string of the molecule is CC(C)c1ccccc1C(N)=S. The summed E-state index contributed by atoms with van der Waals surface area (Å²) in [7, 11) is 0. The van der Waals surface area contributed by atoms with Gasteiger partial charge in [-0.15, -0.1) is 0 Å². The second-order valence-corrected chi connectivity index (χ2v) is 3.55. The molecule has 0 saturated heterocycles. The van der Waals surface area contributed by atoms with Gasteiger partial charge in [0.15, 0.2) is 0 Å². The number of benzene rings is 1. The molecule has 0 aliphatic rings. The Morgan fingerprint density at radius 2 is 1.92 bits per heavy atom. The lowest BCUT2D eigenvalue weighted by Crippen LogP contribution is -2.12. The summed E-state index contributed by atoms with van der Waals surface area (Å²) in [5, 5.41) is 0. The fraction of sp³-hybridized carbons (Fsp3) is 0.300. The highest BCUT2D eigenvalue weighted by atomic mass is 32.1. The van der Waals surface area contributed by atoms with E-state index in [1.165, 1.54) is 5.56 Å². The molecule has 0 radical (unpaired) electrons. The molecule has 0 saturated carbocycles. The van der Waals surface area contributed by atoms with E-state index in [2.05, 4.69) is 19.9 Å². The molecule has 2 heteroatoms. The fourth-order valence-electron chi connectivity index (χ4n) is 1.22. The van der Waals surface area contributed by atoms with Gasteiger partial charge in [-0.3, -0.25) is 0 Å². The first kappa shape index (κ1) is 9.20. The molecule has 64 valence electrons. The smallest absolute Gasteiger partial charge is 0.104 e. The quantitative estimate of drug-likeness (QED) is 0.706. The van der Waals surface area contributed by atoms with Crippen molar-refractivity contribution in [3.8, 4) is 0 Å². The molecular formula is C10H13NS. The van der Waals surface area contributed by atoms with Crippen LogP contribution in [0.25, 0.3) is 0 Å². The van der Waals surface area contributed by atoms with Crippen LogP contribution in [0.3, 0.4) is 0 Å². The zero-order valence-electron chi connectivity index (χ0n) is 7.37. The van der Waals surface area contributed by atoms with Crippen molar-refractivity contribution in [3.05, 3.63) is 35.4 Å². The summed E-state index contributed by atoms with van der Waals surface area (Å²) in [6.45, 7) is 4.27. The normalized spacial score (nSPS) is 10.2. The summed E-state index contributed by atoms with van der Waals surface area (Å²) in [5.74, 6) is 0.475. The Morgan fingerprint density at radius 1 is 1.33 bits per heavy atom. The molecule has 0 unspecified atom stereocenters. The van der Waals surface area contributed by atoms with Crippen molar-refractivity contribution in [2.45, 2.75) is 19.8 Å². The zero-order chi connectivity index (χ0) is 9.14. The summed E-state index contributed by atoms with van der Waals surface area (Å²) in [4.78, 5) is 0.485. The molecule has 2 N–H and O–H groups in total. The maximum atomic E-state index is 5.58. The third-order valence-electron chi connectivity index (χ3n) is 1.85. The molecule has 0 aliphatic heterocycles. The highest BCUT2D eigenvalue weighted by Gasteiger charge is 2.06. The van der Waals surface area contributed by atoms with Crippen molar-refractivity contribution in [2.75, 3.05) is 0 Å². The number of nitrogens with two attached hydrogens (primary N) is 1. The third-order valence-corrected chi connectivity index (χ3v) is 2.07. The molecular weight excluding hydrogens is 166 g/mol. The number of thiocarbonyl (C=S) groups is 1. The van der Waals surface area contributed by atoms with Crippen LogP contribution in [0.4, 0.5) is 0 Å². The second kappa shape index (κ2) is 3.68. The number of rotatable bonds is 2. The van der Waals surface area contributed by atoms with Crippen LogP contribution >= 0.6 is 12.2 Å². The minimum atomic E-state index is 0.475. The Balaban J connectivity index is 3.17. The summed E-state index contributed by atoms with van der Waals surface area (Å²) in [6.07, 6.45) is 0. The monoisotopic (exact) mass is 179 g/mol. The molecule has 0 fully saturated rings. The van der Waals surface area contributed by atoms with Gasteiger partial charge in [-0.2, -0.15) is 0 Å². The van der Waals surface area contributed by atoms with Gasteiger partial charge in [-0.25, -0.2) is 0 Å². The predicted molar refractivity (Wildman–Crippen MR) is 56.4 cm³/mol. The van der Waals surface area contributed by atoms with Crippen LogP contribution in [0.15, 0.2) is 24.3 Å². The first-order chi connectivity index (χ1) is 5.63.